The Morgan fingerprint density at radius 3 is 2.83 bits per heavy atom. The molecule has 0 unspecified atom stereocenters. The fraction of sp³-hybridized carbons (Fsp3) is 0.438. The van der Waals surface area contributed by atoms with Crippen molar-refractivity contribution in [3.05, 3.63) is 34.9 Å². The van der Waals surface area contributed by atoms with Crippen molar-refractivity contribution in [2.75, 3.05) is 18.1 Å². The first-order valence-corrected chi connectivity index (χ1v) is 10.9. The fourth-order valence-corrected chi connectivity index (χ4v) is 5.05. The Balaban J connectivity index is 1.64. The number of nitrogens with one attached hydrogen (secondary N) is 1. The normalized spacial score (nSPS) is 10.8. The molecule has 0 saturated carbocycles. The molecule has 0 bridgehead atoms. The van der Waals surface area contributed by atoms with Crippen LogP contribution in [0.2, 0.25) is 5.02 Å². The van der Waals surface area contributed by atoms with Crippen LogP contribution in [-0.4, -0.2) is 34.2 Å². The van der Waals surface area contributed by atoms with E-state index >= 15 is 0 Å². The molecule has 0 atom stereocenters. The summed E-state index contributed by atoms with van der Waals surface area (Å²) < 4.78 is 1.83. The fourth-order valence-electron chi connectivity index (χ4n) is 1.83. The van der Waals surface area contributed by atoms with Gasteiger partial charge in [-0.3, -0.25) is 4.79 Å². The second kappa shape index (κ2) is 11.0. The summed E-state index contributed by atoms with van der Waals surface area (Å²) in [5.41, 5.74) is 1.12. The van der Waals surface area contributed by atoms with Gasteiger partial charge in [0, 0.05) is 17.3 Å². The lowest BCUT2D eigenvalue weighted by molar-refractivity contribution is -0.118. The van der Waals surface area contributed by atoms with Crippen LogP contribution in [0.15, 0.2) is 32.9 Å². The molecule has 1 amide bonds. The Morgan fingerprint density at radius 1 is 1.29 bits per heavy atom. The number of amides is 1. The van der Waals surface area contributed by atoms with Crippen molar-refractivity contribution >= 4 is 52.4 Å². The lowest BCUT2D eigenvalue weighted by Crippen LogP contribution is -2.27. The summed E-state index contributed by atoms with van der Waals surface area (Å²) in [7, 11) is 0. The van der Waals surface area contributed by atoms with E-state index in [0.29, 0.717) is 12.3 Å². The lowest BCUT2D eigenvalue weighted by Gasteiger charge is -2.04. The average molecular weight is 402 g/mol. The predicted octanol–water partition coefficient (Wildman–Crippen LogP) is 4.53. The predicted molar refractivity (Wildman–Crippen MR) is 104 cm³/mol. The van der Waals surface area contributed by atoms with E-state index in [9.17, 15) is 4.79 Å². The molecule has 0 aliphatic rings. The zero-order valence-corrected chi connectivity index (χ0v) is 16.7. The molecule has 2 rings (SSSR count). The van der Waals surface area contributed by atoms with Crippen LogP contribution < -0.4 is 5.32 Å². The molecule has 0 spiro atoms. The zero-order valence-electron chi connectivity index (χ0n) is 13.5. The van der Waals surface area contributed by atoms with Crippen LogP contribution in [0.4, 0.5) is 0 Å². The van der Waals surface area contributed by atoms with Crippen molar-refractivity contribution < 1.29 is 4.79 Å². The maximum Gasteiger partial charge on any atom is 0.230 e. The summed E-state index contributed by atoms with van der Waals surface area (Å²) in [6, 6.07) is 7.69. The van der Waals surface area contributed by atoms with Crippen LogP contribution >= 0.6 is 46.5 Å². The summed E-state index contributed by atoms with van der Waals surface area (Å²) in [4.78, 5) is 11.9. The Hall–Kier alpha value is -0.760. The molecule has 0 aliphatic carbocycles. The van der Waals surface area contributed by atoms with Crippen molar-refractivity contribution in [2.45, 2.75) is 34.9 Å². The molecule has 0 aliphatic heterocycles. The number of hydrogen-bond donors (Lipinski definition) is 1. The Morgan fingerprint density at radius 2 is 2.08 bits per heavy atom. The first-order valence-electron chi connectivity index (χ1n) is 7.77. The third-order valence-corrected chi connectivity index (χ3v) is 6.57. The topological polar surface area (TPSA) is 54.9 Å². The molecule has 24 heavy (non-hydrogen) atoms. The highest BCUT2D eigenvalue weighted by Crippen LogP contribution is 2.29. The third-order valence-electron chi connectivity index (χ3n) is 3.06. The van der Waals surface area contributed by atoms with E-state index in [1.54, 1.807) is 23.1 Å². The van der Waals surface area contributed by atoms with Gasteiger partial charge in [-0.1, -0.05) is 71.9 Å². The monoisotopic (exact) mass is 401 g/mol. The summed E-state index contributed by atoms with van der Waals surface area (Å²) in [5, 5.41) is 11.9. The van der Waals surface area contributed by atoms with Gasteiger partial charge in [0.1, 0.15) is 0 Å². The minimum Gasteiger partial charge on any atom is -0.355 e. The number of hydrogen-bond acceptors (Lipinski definition) is 6. The Kier molecular flexibility index (Phi) is 8.94. The van der Waals surface area contributed by atoms with Gasteiger partial charge in [-0.15, -0.1) is 10.2 Å². The number of rotatable bonds is 10. The van der Waals surface area contributed by atoms with Gasteiger partial charge in [0.2, 0.25) is 5.91 Å². The van der Waals surface area contributed by atoms with Crippen molar-refractivity contribution in [2.24, 2.45) is 0 Å². The Bertz CT molecular complexity index is 651. The van der Waals surface area contributed by atoms with E-state index < -0.39 is 0 Å². The quantitative estimate of drug-likeness (QED) is 0.468. The minimum absolute atomic E-state index is 0.0115. The van der Waals surface area contributed by atoms with Crippen LogP contribution in [0, 0.1) is 0 Å². The molecular weight excluding hydrogens is 382 g/mol. The van der Waals surface area contributed by atoms with Gasteiger partial charge < -0.3 is 5.32 Å². The van der Waals surface area contributed by atoms with Crippen molar-refractivity contribution in [3.8, 4) is 0 Å². The SMILES string of the molecule is CCCCSc1nnc(SCC(=O)NCCc2cccc(Cl)c2)s1. The lowest BCUT2D eigenvalue weighted by atomic mass is 10.1. The maximum atomic E-state index is 11.9. The number of aromatic nitrogens is 2. The highest BCUT2D eigenvalue weighted by molar-refractivity contribution is 8.03. The number of carbonyl (C=O) groups excluding carboxylic acids is 1. The number of benzene rings is 1. The highest BCUT2D eigenvalue weighted by atomic mass is 35.5. The maximum absolute atomic E-state index is 11.9. The van der Waals surface area contributed by atoms with Crippen molar-refractivity contribution in [3.63, 3.8) is 0 Å². The van der Waals surface area contributed by atoms with Crippen LogP contribution in [-0.2, 0) is 11.2 Å². The van der Waals surface area contributed by atoms with Crippen molar-refractivity contribution in [1.29, 1.82) is 0 Å². The molecule has 1 N–H and O–H groups in total. The third kappa shape index (κ3) is 7.42. The van der Waals surface area contributed by atoms with E-state index in [-0.39, 0.29) is 5.91 Å². The molecule has 8 heteroatoms. The summed E-state index contributed by atoms with van der Waals surface area (Å²) in [6.45, 7) is 2.78. The van der Waals surface area contributed by atoms with E-state index in [4.69, 9.17) is 11.6 Å². The highest BCUT2D eigenvalue weighted by Gasteiger charge is 2.08. The van der Waals surface area contributed by atoms with E-state index in [1.807, 2.05) is 24.3 Å². The van der Waals surface area contributed by atoms with Crippen LogP contribution in [0.3, 0.4) is 0 Å². The van der Waals surface area contributed by atoms with E-state index in [0.717, 1.165) is 31.4 Å². The molecule has 1 heterocycles. The smallest absolute Gasteiger partial charge is 0.230 e. The molecule has 0 radical (unpaired) electrons. The molecule has 130 valence electrons. The first kappa shape index (κ1) is 19.6. The molecule has 4 nitrogen and oxygen atoms in total. The largest absolute Gasteiger partial charge is 0.355 e. The van der Waals surface area contributed by atoms with Gasteiger partial charge in [-0.25, -0.2) is 0 Å². The zero-order chi connectivity index (χ0) is 17.2. The molecule has 0 fully saturated rings. The Labute approximate surface area is 160 Å². The van der Waals surface area contributed by atoms with Crippen molar-refractivity contribution in [1.82, 2.24) is 15.5 Å². The van der Waals surface area contributed by atoms with Gasteiger partial charge in [-0.2, -0.15) is 0 Å². The van der Waals surface area contributed by atoms with Gasteiger partial charge in [0.05, 0.1) is 5.75 Å². The minimum atomic E-state index is 0.0115. The molecule has 0 saturated heterocycles. The molecular formula is C16H20ClN3OS3. The van der Waals surface area contributed by atoms with Crippen LogP contribution in [0.25, 0.3) is 0 Å². The van der Waals surface area contributed by atoms with Gasteiger partial charge in [-0.05, 0) is 30.5 Å². The second-order valence-electron chi connectivity index (χ2n) is 5.05. The molecule has 1 aromatic heterocycles. The van der Waals surface area contributed by atoms with Gasteiger partial charge in [0.25, 0.3) is 0 Å². The van der Waals surface area contributed by atoms with E-state index in [1.165, 1.54) is 24.6 Å². The van der Waals surface area contributed by atoms with Crippen LogP contribution in [0.1, 0.15) is 25.3 Å². The number of nitrogens with zero attached hydrogens (tertiary/aromatic N) is 2. The average Bonchev–Trinajstić information content (AvgIpc) is 3.01. The van der Waals surface area contributed by atoms with Gasteiger partial charge in [0.15, 0.2) is 8.68 Å². The van der Waals surface area contributed by atoms with E-state index in [2.05, 4.69) is 22.4 Å². The molecule has 2 aromatic rings. The number of carbonyl (C=O) groups is 1. The standard InChI is InChI=1S/C16H20ClN3OS3/c1-2-3-9-22-15-19-20-16(24-15)23-11-14(21)18-8-7-12-5-4-6-13(17)10-12/h4-6,10H,2-3,7-9,11H2,1H3,(H,18,21). The first-order chi connectivity index (χ1) is 11.7. The molecule has 1 aromatic carbocycles. The number of halogens is 1. The summed E-state index contributed by atoms with van der Waals surface area (Å²) >= 11 is 10.7. The number of thioether (sulfide) groups is 2. The second-order valence-corrected chi connectivity index (χ2v) is 9.03. The van der Waals surface area contributed by atoms with Crippen LogP contribution in [0.5, 0.6) is 0 Å². The van der Waals surface area contributed by atoms with Gasteiger partial charge >= 0.3 is 0 Å². The summed E-state index contributed by atoms with van der Waals surface area (Å²) in [6.07, 6.45) is 3.14. The summed E-state index contributed by atoms with van der Waals surface area (Å²) in [5.74, 6) is 1.45. The number of unbranched alkanes of at least 4 members (excludes halogenated alkanes) is 1.